The van der Waals surface area contributed by atoms with E-state index in [0.717, 1.165) is 193 Å². The van der Waals surface area contributed by atoms with Crippen molar-refractivity contribution in [3.8, 4) is 0 Å². The molecule has 0 aromatic heterocycles. The van der Waals surface area contributed by atoms with Crippen LogP contribution in [0.5, 0.6) is 0 Å². The molecule has 20 nitrogen and oxygen atoms in total. The topological polar surface area (TPSA) is 300 Å². The van der Waals surface area contributed by atoms with E-state index in [9.17, 15) is 58.4 Å². The van der Waals surface area contributed by atoms with Gasteiger partial charge in [-0.3, -0.25) is 33.3 Å². The molecule has 98 heavy (non-hydrogen) atoms. The molecule has 2 amide bonds. The van der Waals surface area contributed by atoms with Gasteiger partial charge in [0.05, 0.1) is 25.9 Å². The van der Waals surface area contributed by atoms with Crippen LogP contribution >= 0.6 is 7.82 Å². The summed E-state index contributed by atoms with van der Waals surface area (Å²) in [6.45, 7) is 11.5. The van der Waals surface area contributed by atoms with Gasteiger partial charge < -0.3 is 59.4 Å². The van der Waals surface area contributed by atoms with Crippen molar-refractivity contribution in [1.82, 2.24) is 10.6 Å². The third kappa shape index (κ3) is 45.7. The smallest absolute Gasteiger partial charge is 0.462 e. The highest BCUT2D eigenvalue weighted by atomic mass is 31.2. The molecule has 0 spiro atoms. The number of carbonyl (C=O) groups is 6. The Kier molecular flexibility index (Phi) is 57.0. The van der Waals surface area contributed by atoms with Crippen molar-refractivity contribution in [1.29, 1.82) is 0 Å². The molecule has 0 radical (unpaired) electrons. The molecule has 7 N–H and O–H groups in total. The summed E-state index contributed by atoms with van der Waals surface area (Å²) in [5.41, 5.74) is -2.81. The predicted molar refractivity (Wildman–Crippen MR) is 387 cm³/mol. The largest absolute Gasteiger partial charge is 0.470 e. The summed E-state index contributed by atoms with van der Waals surface area (Å²) in [5, 5.41) is 42.2. The molecule has 576 valence electrons. The number of unbranched alkanes of at least 4 members (excludes halogenated alkanes) is 38. The molecule has 1 heterocycles. The summed E-state index contributed by atoms with van der Waals surface area (Å²) in [5.74, 6) is -7.66. The lowest BCUT2D eigenvalue weighted by Gasteiger charge is -2.56. The van der Waals surface area contributed by atoms with Crippen LogP contribution in [0.25, 0.3) is 0 Å². The number of esters is 4. The van der Waals surface area contributed by atoms with Crippen molar-refractivity contribution in [2.24, 2.45) is 0 Å². The molecule has 0 aromatic rings. The molecule has 8 atom stereocenters. The van der Waals surface area contributed by atoms with Crippen molar-refractivity contribution in [3.63, 3.8) is 0 Å². The molecule has 1 saturated heterocycles. The fourth-order valence-electron chi connectivity index (χ4n) is 13.3. The van der Waals surface area contributed by atoms with E-state index < -0.39 is 112 Å². The zero-order valence-corrected chi connectivity index (χ0v) is 63.7. The molecule has 21 heteroatoms. The van der Waals surface area contributed by atoms with E-state index in [1.54, 1.807) is 0 Å². The van der Waals surface area contributed by atoms with Crippen LogP contribution in [-0.2, 0) is 61.5 Å². The Morgan fingerprint density at radius 1 is 0.429 bits per heavy atom. The van der Waals surface area contributed by atoms with Crippen molar-refractivity contribution >= 4 is 43.5 Å². The third-order valence-electron chi connectivity index (χ3n) is 19.2. The van der Waals surface area contributed by atoms with Gasteiger partial charge in [-0.25, -0.2) is 4.57 Å². The lowest BCUT2D eigenvalue weighted by Crippen LogP contribution is -2.81. The summed E-state index contributed by atoms with van der Waals surface area (Å²) in [6.07, 6.45) is 33.1. The Morgan fingerprint density at radius 2 is 0.735 bits per heavy atom. The van der Waals surface area contributed by atoms with Crippen LogP contribution < -0.4 is 10.6 Å². The number of aliphatic hydroxyl groups is 3. The number of aliphatic hydroxyl groups excluding tert-OH is 2. The predicted octanol–water partition coefficient (Wildman–Crippen LogP) is 17.7. The first-order chi connectivity index (χ1) is 47.3. The van der Waals surface area contributed by atoms with E-state index >= 15 is 0 Å². The van der Waals surface area contributed by atoms with Crippen LogP contribution in [0.4, 0.5) is 0 Å². The van der Waals surface area contributed by atoms with Crippen molar-refractivity contribution in [2.75, 3.05) is 13.2 Å². The van der Waals surface area contributed by atoms with Crippen molar-refractivity contribution in [2.45, 2.75) is 443 Å². The lowest BCUT2D eigenvalue weighted by atomic mass is 9.76. The summed E-state index contributed by atoms with van der Waals surface area (Å²) in [4.78, 5) is 105. The minimum absolute atomic E-state index is 0.0885. The quantitative estimate of drug-likeness (QED) is 0.00978. The van der Waals surface area contributed by atoms with Gasteiger partial charge in [0, 0.05) is 25.8 Å². The standard InChI is InChI=1S/C77H145N2O18P/c1-7-13-19-24-29-32-37-40-46-52-64(92-71(84)56-49-43-35-27-22-16-10-4)60-68(81)78-59-51-58-76(79-69(82)61-65(93-70(83)55-45-18-12-6)53-47-41-38-33-30-25-20-14-8-2)75(87)95-67(63-80)74(97-98(89,90)91)77(76,88)96-73(86)62-66(54-48-42-39-34-31-26-21-15-9-3)94-72(85)57-50-44-36-28-23-17-11-5/h64-67,74-75,80,87-88H,7-63H2,1-6H3,(H,78,81)(H,79,82)(H2,89,90,91)/t64-,65-,66-,67-,74-,75-,76?,77+/m1/s1. The van der Waals surface area contributed by atoms with Gasteiger partial charge in [0.15, 0.2) is 17.9 Å². The average Bonchev–Trinajstić information content (AvgIpc) is 0.718. The number of amides is 2. The molecule has 1 fully saturated rings. The average molecular weight is 1420 g/mol. The van der Waals surface area contributed by atoms with Crippen molar-refractivity contribution < 1.29 is 86.6 Å². The zero-order chi connectivity index (χ0) is 72.4. The summed E-state index contributed by atoms with van der Waals surface area (Å²) < 4.78 is 48.2. The van der Waals surface area contributed by atoms with Crippen LogP contribution in [0.3, 0.4) is 0 Å². The second kappa shape index (κ2) is 60.2. The van der Waals surface area contributed by atoms with Crippen LogP contribution in [0.1, 0.15) is 395 Å². The molecule has 1 aliphatic rings. The Bertz CT molecular complexity index is 2070. The first kappa shape index (κ1) is 92.8. The minimum atomic E-state index is -5.76. The fourth-order valence-corrected chi connectivity index (χ4v) is 13.8. The van der Waals surface area contributed by atoms with Gasteiger partial charge in [-0.05, 0) is 70.6 Å². The molecule has 0 bridgehead atoms. The second-order valence-corrected chi connectivity index (χ2v) is 29.6. The van der Waals surface area contributed by atoms with Crippen LogP contribution in [0.15, 0.2) is 0 Å². The van der Waals surface area contributed by atoms with E-state index in [1.807, 2.05) is 6.92 Å². The number of carbonyl (C=O) groups excluding carboxylic acids is 6. The number of phosphoric acid groups is 1. The maximum atomic E-state index is 15.0. The van der Waals surface area contributed by atoms with Gasteiger partial charge in [-0.1, -0.05) is 286 Å². The number of nitrogens with one attached hydrogen (secondary N) is 2. The molecule has 1 rings (SSSR count). The first-order valence-electron chi connectivity index (χ1n) is 40.1. The number of phosphoric ester groups is 1. The summed E-state index contributed by atoms with van der Waals surface area (Å²) in [6, 6.07) is 0. The van der Waals surface area contributed by atoms with E-state index in [2.05, 4.69) is 45.3 Å². The van der Waals surface area contributed by atoms with E-state index in [-0.39, 0.29) is 57.5 Å². The second-order valence-electron chi connectivity index (χ2n) is 28.4. The molecular weight excluding hydrogens is 1270 g/mol. The maximum Gasteiger partial charge on any atom is 0.470 e. The Hall–Kier alpha value is -3.23. The highest BCUT2D eigenvalue weighted by Gasteiger charge is 2.70. The van der Waals surface area contributed by atoms with Gasteiger partial charge in [-0.2, -0.15) is 0 Å². The Balaban J connectivity index is 3.89. The van der Waals surface area contributed by atoms with Gasteiger partial charge >= 0.3 is 31.7 Å². The maximum absolute atomic E-state index is 15.0. The third-order valence-corrected chi connectivity index (χ3v) is 19.7. The van der Waals surface area contributed by atoms with Gasteiger partial charge in [0.25, 0.3) is 5.79 Å². The zero-order valence-electron chi connectivity index (χ0n) is 62.8. The van der Waals surface area contributed by atoms with E-state index in [1.165, 1.54) is 57.8 Å². The Labute approximate surface area is 594 Å². The molecular formula is C77H145N2O18P. The summed E-state index contributed by atoms with van der Waals surface area (Å²) in [7, 11) is -5.76. The SMILES string of the molecule is CCCCCCCCCCC[C@H](CC(=O)NCCCC1(NC(=O)C[C@@H](CCCCCCCCCCC)OC(=O)CCCCC)[C@H](O)O[C@H](CO)[C@@H](OP(=O)(O)O)[C@]1(O)OC(=O)C[C@@H](CCCCCCCCCCC)OC(=O)CCCCCCCCC)OC(=O)CCCCCCCCC. The Morgan fingerprint density at radius 3 is 1.08 bits per heavy atom. The monoisotopic (exact) mass is 1420 g/mol. The van der Waals surface area contributed by atoms with Gasteiger partial charge in [0.2, 0.25) is 11.8 Å². The number of hydrogen-bond donors (Lipinski definition) is 7. The highest BCUT2D eigenvalue weighted by Crippen LogP contribution is 2.49. The van der Waals surface area contributed by atoms with Crippen molar-refractivity contribution in [3.05, 3.63) is 0 Å². The van der Waals surface area contributed by atoms with Crippen LogP contribution in [0.2, 0.25) is 0 Å². The minimum Gasteiger partial charge on any atom is -0.462 e. The van der Waals surface area contributed by atoms with Gasteiger partial charge in [-0.15, -0.1) is 0 Å². The molecule has 0 saturated carbocycles. The van der Waals surface area contributed by atoms with Crippen LogP contribution in [0, 0.1) is 0 Å². The molecule has 0 aromatic carbocycles. The van der Waals surface area contributed by atoms with Gasteiger partial charge in [0.1, 0.15) is 24.4 Å². The molecule has 1 aliphatic heterocycles. The number of hydrogen-bond acceptors (Lipinski definition) is 16. The van der Waals surface area contributed by atoms with E-state index in [4.69, 9.17) is 28.2 Å². The molecule has 0 aliphatic carbocycles. The normalized spacial score (nSPS) is 18.8. The number of ether oxygens (including phenoxy) is 5. The first-order valence-corrected chi connectivity index (χ1v) is 41.6. The molecule has 1 unspecified atom stereocenters. The van der Waals surface area contributed by atoms with E-state index in [0.29, 0.717) is 38.5 Å². The summed E-state index contributed by atoms with van der Waals surface area (Å²) >= 11 is 0. The van der Waals surface area contributed by atoms with Crippen LogP contribution in [-0.4, -0.2) is 122 Å². The number of rotatable bonds is 68. The highest BCUT2D eigenvalue weighted by molar-refractivity contribution is 7.46. The lowest BCUT2D eigenvalue weighted by molar-refractivity contribution is -0.380. The fraction of sp³-hybridized carbons (Fsp3) is 0.922.